The summed E-state index contributed by atoms with van der Waals surface area (Å²) >= 11 is 0. The van der Waals surface area contributed by atoms with Gasteiger partial charge in [0.05, 0.1) is 17.7 Å². The zero-order valence-electron chi connectivity index (χ0n) is 21.5. The van der Waals surface area contributed by atoms with Crippen LogP contribution in [-0.2, 0) is 0 Å². The first-order valence-electron chi connectivity index (χ1n) is 12.4. The molecule has 3 aromatic carbocycles. The largest absolute Gasteiger partial charge is 0.507 e. The van der Waals surface area contributed by atoms with E-state index in [1.54, 1.807) is 23.8 Å². The predicted octanol–water partition coefficient (Wildman–Crippen LogP) is 6.62. The van der Waals surface area contributed by atoms with Crippen molar-refractivity contribution < 1.29 is 19.5 Å². The number of unbranched alkanes of at least 4 members (excludes halogenated alkanes) is 1. The fourth-order valence-corrected chi connectivity index (χ4v) is 4.09. The third-order valence-corrected chi connectivity index (χ3v) is 5.94. The molecule has 0 saturated carbocycles. The Bertz CT molecular complexity index is 1340. The molecular weight excluding hydrogens is 452 g/mol. The van der Waals surface area contributed by atoms with Crippen LogP contribution in [0.5, 0.6) is 11.5 Å². The average Bonchev–Trinajstić information content (AvgIpc) is 3.22. The van der Waals surface area contributed by atoms with Crippen LogP contribution < -0.4 is 9.57 Å². The number of benzene rings is 3. The van der Waals surface area contributed by atoms with Gasteiger partial charge in [-0.05, 0) is 49.4 Å². The molecule has 0 unspecified atom stereocenters. The van der Waals surface area contributed by atoms with Gasteiger partial charge in [0, 0.05) is 17.5 Å². The number of para-hydroxylation sites is 2. The van der Waals surface area contributed by atoms with Crippen molar-refractivity contribution in [3.8, 4) is 22.9 Å². The van der Waals surface area contributed by atoms with E-state index >= 15 is 0 Å². The van der Waals surface area contributed by atoms with Gasteiger partial charge < -0.3 is 14.7 Å². The van der Waals surface area contributed by atoms with Crippen LogP contribution in [0.4, 0.5) is 0 Å². The molecule has 1 N–H and O–H groups in total. The molecule has 4 aromatic rings. The molecule has 0 amide bonds. The minimum atomic E-state index is -0.139. The molecule has 1 heterocycles. The molecule has 0 spiro atoms. The van der Waals surface area contributed by atoms with Crippen LogP contribution in [0.2, 0.25) is 0 Å². The van der Waals surface area contributed by atoms with Gasteiger partial charge >= 0.3 is 0 Å². The molecule has 1 aromatic heterocycles. The fourth-order valence-electron chi connectivity index (χ4n) is 4.09. The van der Waals surface area contributed by atoms with Gasteiger partial charge in [-0.2, -0.15) is 4.73 Å². The average molecular weight is 487 g/mol. The van der Waals surface area contributed by atoms with E-state index in [2.05, 4.69) is 0 Å². The second-order valence-electron chi connectivity index (χ2n) is 10.2. The minimum absolute atomic E-state index is 0.00510. The first-order chi connectivity index (χ1) is 17.2. The number of hydrogen-bond acceptors (Lipinski definition) is 5. The molecule has 0 saturated heterocycles. The Morgan fingerprint density at radius 2 is 1.64 bits per heavy atom. The highest BCUT2D eigenvalue weighted by Crippen LogP contribution is 2.33. The number of phenolic OH excluding ortho intramolecular Hbond substituents is 1. The topological polar surface area (TPSA) is 73.6 Å². The van der Waals surface area contributed by atoms with Crippen LogP contribution >= 0.6 is 0 Å². The Kier molecular flexibility index (Phi) is 7.63. The first kappa shape index (κ1) is 25.3. The predicted molar refractivity (Wildman–Crippen MR) is 143 cm³/mol. The summed E-state index contributed by atoms with van der Waals surface area (Å²) in [6.07, 6.45) is 1.94. The van der Waals surface area contributed by atoms with Gasteiger partial charge in [0.15, 0.2) is 11.6 Å². The Morgan fingerprint density at radius 3 is 2.39 bits per heavy atom. The number of hydrogen-bond donors (Lipinski definition) is 1. The quantitative estimate of drug-likeness (QED) is 0.201. The molecule has 0 aliphatic rings. The number of Topliss-reactive ketones (excluding diaryl/α,β-unsaturated/α-hetero) is 1. The minimum Gasteiger partial charge on any atom is -0.507 e. The van der Waals surface area contributed by atoms with Crippen molar-refractivity contribution in [3.05, 3.63) is 77.9 Å². The van der Waals surface area contributed by atoms with E-state index in [0.29, 0.717) is 36.5 Å². The maximum atomic E-state index is 12.5. The maximum absolute atomic E-state index is 12.5. The number of fused-ring (bicyclic) bond motifs is 1. The van der Waals surface area contributed by atoms with Gasteiger partial charge in [-0.1, -0.05) is 63.2 Å². The van der Waals surface area contributed by atoms with E-state index in [-0.39, 0.29) is 16.9 Å². The van der Waals surface area contributed by atoms with Crippen molar-refractivity contribution in [3.63, 3.8) is 0 Å². The number of ketones is 1. The summed E-state index contributed by atoms with van der Waals surface area (Å²) in [5, 5.41) is 10.6. The molecular formula is C30H34N2O4. The molecule has 0 radical (unpaired) electrons. The number of aromatic hydroxyl groups is 1. The standard InChI is InChI=1S/C30H34N2O4/c1-21-27(17-16-23(28(21)34)26(33)20-30(2,3)4)35-18-10-11-19-36-32-25-15-9-8-14-24(25)31-29(32)22-12-6-5-7-13-22/h5-9,12-17,34H,10-11,18-20H2,1-4H3. The SMILES string of the molecule is Cc1c(OCCCCOn2c(-c3ccccc3)nc3ccccc32)ccc(C(=O)CC(C)(C)C)c1O. The molecule has 188 valence electrons. The highest BCUT2D eigenvalue weighted by Gasteiger charge is 2.21. The molecule has 6 nitrogen and oxygen atoms in total. The van der Waals surface area contributed by atoms with Crippen molar-refractivity contribution in [1.82, 2.24) is 9.71 Å². The molecule has 0 aliphatic heterocycles. The summed E-state index contributed by atoms with van der Waals surface area (Å²) in [6, 6.07) is 21.4. The summed E-state index contributed by atoms with van der Waals surface area (Å²) in [5.74, 6) is 1.31. The van der Waals surface area contributed by atoms with Gasteiger partial charge in [-0.15, -0.1) is 0 Å². The van der Waals surface area contributed by atoms with Crippen molar-refractivity contribution in [1.29, 1.82) is 0 Å². The van der Waals surface area contributed by atoms with Crippen molar-refractivity contribution in [2.45, 2.75) is 47.0 Å². The zero-order valence-corrected chi connectivity index (χ0v) is 21.5. The van der Waals surface area contributed by atoms with E-state index in [1.165, 1.54) is 0 Å². The van der Waals surface area contributed by atoms with E-state index in [1.807, 2.05) is 75.4 Å². The number of ether oxygens (including phenoxy) is 1. The maximum Gasteiger partial charge on any atom is 0.176 e. The second kappa shape index (κ2) is 10.9. The van der Waals surface area contributed by atoms with E-state index in [0.717, 1.165) is 35.3 Å². The van der Waals surface area contributed by atoms with Crippen molar-refractivity contribution in [2.24, 2.45) is 5.41 Å². The number of rotatable bonds is 10. The van der Waals surface area contributed by atoms with Gasteiger partial charge in [-0.3, -0.25) is 4.79 Å². The summed E-state index contributed by atoms with van der Waals surface area (Å²) in [5.41, 5.74) is 3.61. The number of carbonyl (C=O) groups excluding carboxylic acids is 1. The molecule has 0 bridgehead atoms. The van der Waals surface area contributed by atoms with Crippen molar-refractivity contribution >= 4 is 16.8 Å². The highest BCUT2D eigenvalue weighted by atomic mass is 16.7. The Balaban J connectivity index is 1.33. The van der Waals surface area contributed by atoms with Crippen LogP contribution in [0.1, 0.15) is 56.0 Å². The van der Waals surface area contributed by atoms with E-state index in [4.69, 9.17) is 14.6 Å². The number of aromatic nitrogens is 2. The lowest BCUT2D eigenvalue weighted by atomic mass is 9.87. The summed E-state index contributed by atoms with van der Waals surface area (Å²) < 4.78 is 7.71. The van der Waals surface area contributed by atoms with Crippen LogP contribution in [0.3, 0.4) is 0 Å². The van der Waals surface area contributed by atoms with Gasteiger partial charge in [-0.25, -0.2) is 4.98 Å². The zero-order chi connectivity index (χ0) is 25.7. The second-order valence-corrected chi connectivity index (χ2v) is 10.2. The van der Waals surface area contributed by atoms with Crippen LogP contribution in [0, 0.1) is 12.3 Å². The monoisotopic (exact) mass is 486 g/mol. The lowest BCUT2D eigenvalue weighted by Gasteiger charge is -2.18. The van der Waals surface area contributed by atoms with Crippen LogP contribution in [0.15, 0.2) is 66.7 Å². The molecule has 36 heavy (non-hydrogen) atoms. The molecule has 0 fully saturated rings. The van der Waals surface area contributed by atoms with Gasteiger partial charge in [0.25, 0.3) is 0 Å². The number of imidazole rings is 1. The fraction of sp³-hybridized carbons (Fsp3) is 0.333. The van der Waals surface area contributed by atoms with E-state index < -0.39 is 0 Å². The summed E-state index contributed by atoms with van der Waals surface area (Å²) in [7, 11) is 0. The molecule has 4 rings (SSSR count). The van der Waals surface area contributed by atoms with Crippen LogP contribution in [0.25, 0.3) is 22.4 Å². The van der Waals surface area contributed by atoms with Crippen LogP contribution in [-0.4, -0.2) is 33.8 Å². The summed E-state index contributed by atoms with van der Waals surface area (Å²) in [4.78, 5) is 23.5. The normalized spacial score (nSPS) is 11.6. The number of carbonyl (C=O) groups is 1. The van der Waals surface area contributed by atoms with Gasteiger partial charge in [0.1, 0.15) is 23.6 Å². The smallest absolute Gasteiger partial charge is 0.176 e. The molecule has 0 aliphatic carbocycles. The highest BCUT2D eigenvalue weighted by molar-refractivity contribution is 5.99. The third-order valence-electron chi connectivity index (χ3n) is 5.94. The lowest BCUT2D eigenvalue weighted by molar-refractivity contribution is 0.0937. The lowest BCUT2D eigenvalue weighted by Crippen LogP contribution is -2.15. The number of phenols is 1. The van der Waals surface area contributed by atoms with E-state index in [9.17, 15) is 9.90 Å². The Morgan fingerprint density at radius 1 is 0.944 bits per heavy atom. The van der Waals surface area contributed by atoms with Crippen molar-refractivity contribution in [2.75, 3.05) is 13.2 Å². The first-order valence-corrected chi connectivity index (χ1v) is 12.4. The Hall–Kier alpha value is -3.80. The third kappa shape index (κ3) is 5.88. The summed E-state index contributed by atoms with van der Waals surface area (Å²) in [6.45, 7) is 8.79. The Labute approximate surface area is 212 Å². The molecule has 6 heteroatoms. The molecule has 0 atom stereocenters. The van der Waals surface area contributed by atoms with Gasteiger partial charge in [0.2, 0.25) is 0 Å². The number of nitrogens with zero attached hydrogens (tertiary/aromatic N) is 2.